The van der Waals surface area contributed by atoms with Crippen LogP contribution in [-0.4, -0.2) is 67.5 Å². The summed E-state index contributed by atoms with van der Waals surface area (Å²) in [6, 6.07) is 7.47. The first-order valence-electron chi connectivity index (χ1n) is 7.92. The summed E-state index contributed by atoms with van der Waals surface area (Å²) in [4.78, 5) is 12.9. The Bertz CT molecular complexity index is 698. The molecule has 2 saturated heterocycles. The second kappa shape index (κ2) is 7.27. The van der Waals surface area contributed by atoms with Crippen LogP contribution in [0.25, 0.3) is 0 Å². The highest BCUT2D eigenvalue weighted by molar-refractivity contribution is 8.19. The van der Waals surface area contributed by atoms with E-state index in [0.29, 0.717) is 16.6 Å². The molecule has 0 radical (unpaired) electrons. The lowest BCUT2D eigenvalue weighted by atomic mass is 10.1. The van der Waals surface area contributed by atoms with Crippen molar-refractivity contribution in [2.24, 2.45) is 0 Å². The lowest BCUT2D eigenvalue weighted by Gasteiger charge is -2.33. The summed E-state index contributed by atoms with van der Waals surface area (Å²) in [6.07, 6.45) is 0.500. The van der Waals surface area contributed by atoms with E-state index in [0.717, 1.165) is 0 Å². The third kappa shape index (κ3) is 3.92. The molecule has 132 valence electrons. The van der Waals surface area contributed by atoms with Crippen molar-refractivity contribution in [3.63, 3.8) is 0 Å². The normalized spacial score (nSPS) is 23.7. The summed E-state index contributed by atoms with van der Waals surface area (Å²) in [5.41, 5.74) is 1.84. The largest absolute Gasteiger partial charge is 0.268 e. The van der Waals surface area contributed by atoms with Crippen molar-refractivity contribution in [1.29, 1.82) is 0 Å². The van der Waals surface area contributed by atoms with E-state index in [4.69, 9.17) is 0 Å². The molecule has 0 spiro atoms. The van der Waals surface area contributed by atoms with Crippen LogP contribution in [0, 0.1) is 0 Å². The molecule has 2 heterocycles. The molecule has 2 aliphatic rings. The van der Waals surface area contributed by atoms with Crippen LogP contribution in [0.5, 0.6) is 0 Å². The zero-order valence-corrected chi connectivity index (χ0v) is 16.3. The topological polar surface area (TPSA) is 57.7 Å². The average molecular weight is 387 g/mol. The highest BCUT2D eigenvalue weighted by Gasteiger charge is 2.36. The number of carbonyl (C=O) groups is 1. The lowest BCUT2D eigenvalue weighted by Crippen LogP contribution is -2.49. The molecule has 3 rings (SSSR count). The number of thioether (sulfide) groups is 2. The van der Waals surface area contributed by atoms with Crippen LogP contribution in [0.1, 0.15) is 26.9 Å². The first-order chi connectivity index (χ1) is 11.4. The van der Waals surface area contributed by atoms with Crippen LogP contribution in [-0.2, 0) is 9.84 Å². The fraction of sp³-hybridized carbons (Fsp3) is 0.562. The average Bonchev–Trinajstić information content (AvgIpc) is 3.17. The minimum atomic E-state index is -3.03. The van der Waals surface area contributed by atoms with E-state index in [1.165, 1.54) is 17.1 Å². The Morgan fingerprint density at radius 2 is 1.75 bits per heavy atom. The zero-order chi connectivity index (χ0) is 17.3. The van der Waals surface area contributed by atoms with Gasteiger partial charge in [0.15, 0.2) is 9.84 Å². The quantitative estimate of drug-likeness (QED) is 0.740. The van der Waals surface area contributed by atoms with Gasteiger partial charge in [-0.1, -0.05) is 12.1 Å². The molecule has 24 heavy (non-hydrogen) atoms. The smallest absolute Gasteiger partial charge is 0.268 e. The van der Waals surface area contributed by atoms with Gasteiger partial charge in [-0.2, -0.15) is 0 Å². The maximum atomic E-state index is 12.9. The zero-order valence-electron chi connectivity index (χ0n) is 13.8. The highest BCUT2D eigenvalue weighted by atomic mass is 32.2. The van der Waals surface area contributed by atoms with Gasteiger partial charge in [0, 0.05) is 31.2 Å². The fourth-order valence-electron chi connectivity index (χ4n) is 3.11. The minimum Gasteiger partial charge on any atom is -0.268 e. The maximum Gasteiger partial charge on any atom is 0.268 e. The number of nitrogens with zero attached hydrogens (tertiary/aromatic N) is 2. The standard InChI is InChI=1S/C16H22N2O3S3/c1-17(2)18(14-7-10-24(20,21)11-14)15(19)12-3-5-13(6-4-12)16-22-8-9-23-16/h3-6,14,16H,7-11H2,1-2H3. The third-order valence-corrected chi connectivity index (χ3v) is 9.10. The molecule has 1 amide bonds. The summed E-state index contributed by atoms with van der Waals surface area (Å²) in [7, 11) is 0.528. The van der Waals surface area contributed by atoms with Crippen LogP contribution in [0.3, 0.4) is 0 Å². The second-order valence-electron chi connectivity index (χ2n) is 6.25. The Morgan fingerprint density at radius 3 is 2.25 bits per heavy atom. The fourth-order valence-corrected chi connectivity index (χ4v) is 7.66. The number of carbonyl (C=O) groups excluding carboxylic acids is 1. The Kier molecular flexibility index (Phi) is 5.48. The molecule has 1 aromatic carbocycles. The van der Waals surface area contributed by atoms with Gasteiger partial charge in [-0.05, 0) is 24.1 Å². The number of sulfone groups is 1. The summed E-state index contributed by atoms with van der Waals surface area (Å²) in [6.45, 7) is 0. The van der Waals surface area contributed by atoms with Crippen molar-refractivity contribution in [2.45, 2.75) is 17.0 Å². The Balaban J connectivity index is 1.77. The molecule has 1 atom stereocenters. The molecule has 0 aliphatic carbocycles. The van der Waals surface area contributed by atoms with Crippen molar-refractivity contribution in [3.05, 3.63) is 35.4 Å². The summed E-state index contributed by atoms with van der Waals surface area (Å²) in [5, 5.41) is 3.28. The number of hydrazine groups is 1. The van der Waals surface area contributed by atoms with E-state index in [-0.39, 0.29) is 23.5 Å². The van der Waals surface area contributed by atoms with E-state index < -0.39 is 9.84 Å². The van der Waals surface area contributed by atoms with E-state index >= 15 is 0 Å². The molecule has 0 bridgehead atoms. The van der Waals surface area contributed by atoms with Crippen molar-refractivity contribution < 1.29 is 13.2 Å². The van der Waals surface area contributed by atoms with Crippen LogP contribution < -0.4 is 0 Å². The summed E-state index contributed by atoms with van der Waals surface area (Å²) in [5.74, 6) is 2.40. The minimum absolute atomic E-state index is 0.0460. The van der Waals surface area contributed by atoms with Crippen molar-refractivity contribution in [3.8, 4) is 0 Å². The van der Waals surface area contributed by atoms with Gasteiger partial charge in [0.05, 0.1) is 22.1 Å². The Labute approximate surface area is 152 Å². The van der Waals surface area contributed by atoms with Gasteiger partial charge in [0.1, 0.15) is 0 Å². The second-order valence-corrected chi connectivity index (χ2v) is 11.2. The van der Waals surface area contributed by atoms with Gasteiger partial charge in [0.2, 0.25) is 0 Å². The number of amides is 1. The molecular formula is C16H22N2O3S3. The van der Waals surface area contributed by atoms with Crippen LogP contribution in [0.2, 0.25) is 0 Å². The monoisotopic (exact) mass is 386 g/mol. The predicted octanol–water partition coefficient (Wildman–Crippen LogP) is 2.27. The molecule has 1 unspecified atom stereocenters. The van der Waals surface area contributed by atoms with Gasteiger partial charge >= 0.3 is 0 Å². The molecule has 0 N–H and O–H groups in total. The van der Waals surface area contributed by atoms with Crippen molar-refractivity contribution in [2.75, 3.05) is 37.1 Å². The predicted molar refractivity (Wildman–Crippen MR) is 101 cm³/mol. The maximum absolute atomic E-state index is 12.9. The van der Waals surface area contributed by atoms with Gasteiger partial charge in [-0.3, -0.25) is 9.80 Å². The first kappa shape index (κ1) is 18.1. The lowest BCUT2D eigenvalue weighted by molar-refractivity contribution is 0.00101. The SMILES string of the molecule is CN(C)N(C(=O)c1ccc(C2SCCS2)cc1)C1CCS(=O)(=O)C1. The van der Waals surface area contributed by atoms with Gasteiger partial charge < -0.3 is 0 Å². The molecular weight excluding hydrogens is 364 g/mol. The van der Waals surface area contributed by atoms with Crippen molar-refractivity contribution >= 4 is 39.3 Å². The number of rotatable bonds is 4. The number of hydrogen-bond donors (Lipinski definition) is 0. The van der Waals surface area contributed by atoms with Gasteiger partial charge in [-0.25, -0.2) is 13.4 Å². The highest BCUT2D eigenvalue weighted by Crippen LogP contribution is 2.45. The van der Waals surface area contributed by atoms with E-state index in [2.05, 4.69) is 0 Å². The van der Waals surface area contributed by atoms with Crippen molar-refractivity contribution in [1.82, 2.24) is 10.0 Å². The summed E-state index contributed by atoms with van der Waals surface area (Å²) < 4.78 is 24.0. The van der Waals surface area contributed by atoms with Crippen LogP contribution in [0.4, 0.5) is 0 Å². The molecule has 0 aromatic heterocycles. The van der Waals surface area contributed by atoms with Crippen LogP contribution in [0.15, 0.2) is 24.3 Å². The van der Waals surface area contributed by atoms with E-state index in [1.807, 2.05) is 47.8 Å². The molecule has 2 fully saturated rings. The Hall–Kier alpha value is -0.700. The van der Waals surface area contributed by atoms with E-state index in [1.54, 1.807) is 24.1 Å². The molecule has 5 nitrogen and oxygen atoms in total. The molecule has 1 aromatic rings. The first-order valence-corrected chi connectivity index (χ1v) is 11.8. The van der Waals surface area contributed by atoms with Gasteiger partial charge in [0.25, 0.3) is 5.91 Å². The number of benzene rings is 1. The summed E-state index contributed by atoms with van der Waals surface area (Å²) >= 11 is 3.87. The van der Waals surface area contributed by atoms with E-state index in [9.17, 15) is 13.2 Å². The molecule has 2 aliphatic heterocycles. The van der Waals surface area contributed by atoms with Gasteiger partial charge in [-0.15, -0.1) is 23.5 Å². The molecule has 0 saturated carbocycles. The Morgan fingerprint density at radius 1 is 1.12 bits per heavy atom. The number of hydrogen-bond acceptors (Lipinski definition) is 6. The van der Waals surface area contributed by atoms with Crippen LogP contribution >= 0.6 is 23.5 Å². The third-order valence-electron chi connectivity index (χ3n) is 4.24. The molecule has 8 heteroatoms.